The highest BCUT2D eigenvalue weighted by atomic mass is 16.4. The number of nitrogens with zero attached hydrogens (tertiary/aromatic N) is 2. The van der Waals surface area contributed by atoms with E-state index in [0.717, 1.165) is 19.3 Å². The first-order valence-corrected chi connectivity index (χ1v) is 10.1. The Kier molecular flexibility index (Phi) is 6.57. The zero-order valence-corrected chi connectivity index (χ0v) is 16.0. The molecule has 1 atom stereocenters. The van der Waals surface area contributed by atoms with Gasteiger partial charge in [-0.2, -0.15) is 0 Å². The lowest BCUT2D eigenvalue weighted by molar-refractivity contribution is -0.145. The van der Waals surface area contributed by atoms with Crippen molar-refractivity contribution in [3.05, 3.63) is 59.7 Å². The van der Waals surface area contributed by atoms with E-state index in [1.54, 1.807) is 4.90 Å². The van der Waals surface area contributed by atoms with Gasteiger partial charge in [0.05, 0.1) is 5.92 Å². The SMILES string of the molecule is C.O=C(O)C1CCCN(C(=O)CCN2c3ccccc3CCc3ccccc32)C1. The Hall–Kier alpha value is -2.82. The van der Waals surface area contributed by atoms with E-state index in [-0.39, 0.29) is 13.3 Å². The third kappa shape index (κ3) is 4.44. The van der Waals surface area contributed by atoms with Crippen molar-refractivity contribution in [3.63, 3.8) is 0 Å². The number of hydrogen-bond acceptors (Lipinski definition) is 3. The van der Waals surface area contributed by atoms with Crippen LogP contribution in [0.2, 0.25) is 0 Å². The van der Waals surface area contributed by atoms with E-state index in [4.69, 9.17) is 0 Å². The predicted molar refractivity (Wildman–Crippen MR) is 116 cm³/mol. The summed E-state index contributed by atoms with van der Waals surface area (Å²) in [6.45, 7) is 1.60. The summed E-state index contributed by atoms with van der Waals surface area (Å²) in [5, 5.41) is 9.28. The average Bonchev–Trinajstić information content (AvgIpc) is 2.89. The summed E-state index contributed by atoms with van der Waals surface area (Å²) < 4.78 is 0. The second-order valence-corrected chi connectivity index (χ2v) is 7.68. The molecule has 2 aliphatic rings. The van der Waals surface area contributed by atoms with Gasteiger partial charge < -0.3 is 14.9 Å². The normalized spacial score (nSPS) is 18.1. The van der Waals surface area contributed by atoms with Crippen LogP contribution in [0.5, 0.6) is 0 Å². The molecule has 154 valence electrons. The van der Waals surface area contributed by atoms with E-state index >= 15 is 0 Å². The molecule has 1 amide bonds. The zero-order valence-electron chi connectivity index (χ0n) is 16.0. The number of hydrogen-bond donors (Lipinski definition) is 1. The van der Waals surface area contributed by atoms with Gasteiger partial charge in [0, 0.05) is 37.4 Å². The molecule has 0 saturated carbocycles. The van der Waals surface area contributed by atoms with Crippen LogP contribution in [0, 0.1) is 5.92 Å². The highest BCUT2D eigenvalue weighted by molar-refractivity contribution is 5.80. The third-order valence-corrected chi connectivity index (χ3v) is 5.90. The van der Waals surface area contributed by atoms with E-state index in [9.17, 15) is 14.7 Å². The quantitative estimate of drug-likeness (QED) is 0.841. The van der Waals surface area contributed by atoms with Crippen LogP contribution in [-0.2, 0) is 22.4 Å². The molecule has 0 spiro atoms. The van der Waals surface area contributed by atoms with Crippen molar-refractivity contribution in [2.45, 2.75) is 39.5 Å². The molecule has 0 aromatic heterocycles. The summed E-state index contributed by atoms with van der Waals surface area (Å²) in [4.78, 5) is 28.1. The molecule has 2 heterocycles. The van der Waals surface area contributed by atoms with Crippen LogP contribution in [0.25, 0.3) is 0 Å². The van der Waals surface area contributed by atoms with E-state index in [2.05, 4.69) is 41.3 Å². The fourth-order valence-corrected chi connectivity index (χ4v) is 4.38. The van der Waals surface area contributed by atoms with Crippen LogP contribution in [-0.4, -0.2) is 41.5 Å². The molecular weight excluding hydrogens is 364 g/mol. The molecule has 1 fully saturated rings. The Bertz CT molecular complexity index is 832. The van der Waals surface area contributed by atoms with Crippen LogP contribution < -0.4 is 4.90 Å². The monoisotopic (exact) mass is 394 g/mol. The number of para-hydroxylation sites is 2. The first kappa shape index (κ1) is 20.9. The minimum absolute atomic E-state index is 0. The second kappa shape index (κ2) is 9.12. The van der Waals surface area contributed by atoms with Gasteiger partial charge in [-0.1, -0.05) is 43.8 Å². The topological polar surface area (TPSA) is 60.9 Å². The average molecular weight is 395 g/mol. The first-order valence-electron chi connectivity index (χ1n) is 10.1. The lowest BCUT2D eigenvalue weighted by Crippen LogP contribution is -2.43. The molecule has 2 aliphatic heterocycles. The summed E-state index contributed by atoms with van der Waals surface area (Å²) >= 11 is 0. The van der Waals surface area contributed by atoms with Gasteiger partial charge in [-0.15, -0.1) is 0 Å². The van der Waals surface area contributed by atoms with Crippen molar-refractivity contribution >= 4 is 23.3 Å². The van der Waals surface area contributed by atoms with E-state index in [1.807, 2.05) is 12.1 Å². The van der Waals surface area contributed by atoms with Crippen LogP contribution in [0.1, 0.15) is 37.8 Å². The summed E-state index contributed by atoms with van der Waals surface area (Å²) in [5.41, 5.74) is 4.94. The molecule has 5 nitrogen and oxygen atoms in total. The largest absolute Gasteiger partial charge is 0.481 e. The van der Waals surface area contributed by atoms with Gasteiger partial charge in [-0.25, -0.2) is 0 Å². The number of carbonyl (C=O) groups is 2. The van der Waals surface area contributed by atoms with Crippen LogP contribution >= 0.6 is 0 Å². The Balaban J connectivity index is 0.00000240. The summed E-state index contributed by atoms with van der Waals surface area (Å²) in [5.74, 6) is -1.18. The fourth-order valence-electron chi connectivity index (χ4n) is 4.38. The summed E-state index contributed by atoms with van der Waals surface area (Å²) in [7, 11) is 0. The highest BCUT2D eigenvalue weighted by Gasteiger charge is 2.28. The number of fused-ring (bicyclic) bond motifs is 2. The molecular formula is C24H30N2O3. The molecule has 1 saturated heterocycles. The number of aliphatic carboxylic acids is 1. The Morgan fingerprint density at radius 1 is 0.966 bits per heavy atom. The van der Waals surface area contributed by atoms with Crippen molar-refractivity contribution in [1.82, 2.24) is 4.90 Å². The van der Waals surface area contributed by atoms with Crippen molar-refractivity contribution in [2.75, 3.05) is 24.5 Å². The number of carboxylic acids is 1. The molecule has 4 rings (SSSR count). The molecule has 0 radical (unpaired) electrons. The van der Waals surface area contributed by atoms with E-state index in [0.29, 0.717) is 32.5 Å². The van der Waals surface area contributed by atoms with Gasteiger partial charge in [0.15, 0.2) is 0 Å². The number of aryl methyl sites for hydroxylation is 2. The van der Waals surface area contributed by atoms with Crippen molar-refractivity contribution in [2.24, 2.45) is 5.92 Å². The number of anilines is 2. The minimum atomic E-state index is -0.798. The van der Waals surface area contributed by atoms with Gasteiger partial charge in [-0.05, 0) is 48.9 Å². The number of likely N-dealkylation sites (tertiary alicyclic amines) is 1. The molecule has 2 aromatic rings. The maximum atomic E-state index is 12.8. The van der Waals surface area contributed by atoms with Gasteiger partial charge in [0.25, 0.3) is 0 Å². The van der Waals surface area contributed by atoms with Crippen molar-refractivity contribution < 1.29 is 14.7 Å². The van der Waals surface area contributed by atoms with Crippen LogP contribution in [0.15, 0.2) is 48.5 Å². The second-order valence-electron chi connectivity index (χ2n) is 7.68. The van der Waals surface area contributed by atoms with E-state index < -0.39 is 11.9 Å². The number of benzene rings is 2. The van der Waals surface area contributed by atoms with Gasteiger partial charge in [0.1, 0.15) is 0 Å². The summed E-state index contributed by atoms with van der Waals surface area (Å²) in [6.07, 6.45) is 3.78. The van der Waals surface area contributed by atoms with Gasteiger partial charge in [0.2, 0.25) is 5.91 Å². The minimum Gasteiger partial charge on any atom is -0.481 e. The number of rotatable bonds is 4. The molecule has 2 aromatic carbocycles. The third-order valence-electron chi connectivity index (χ3n) is 5.90. The van der Waals surface area contributed by atoms with Gasteiger partial charge in [-0.3, -0.25) is 9.59 Å². The zero-order chi connectivity index (χ0) is 19.5. The molecule has 1 N–H and O–H groups in total. The summed E-state index contributed by atoms with van der Waals surface area (Å²) in [6, 6.07) is 16.8. The lowest BCUT2D eigenvalue weighted by Gasteiger charge is -2.32. The van der Waals surface area contributed by atoms with E-state index in [1.165, 1.54) is 22.5 Å². The van der Waals surface area contributed by atoms with Crippen molar-refractivity contribution in [1.29, 1.82) is 0 Å². The van der Waals surface area contributed by atoms with Crippen LogP contribution in [0.4, 0.5) is 11.4 Å². The number of carbonyl (C=O) groups excluding carboxylic acids is 1. The Morgan fingerprint density at radius 3 is 2.14 bits per heavy atom. The maximum Gasteiger partial charge on any atom is 0.308 e. The molecule has 29 heavy (non-hydrogen) atoms. The molecule has 5 heteroatoms. The van der Waals surface area contributed by atoms with Crippen molar-refractivity contribution in [3.8, 4) is 0 Å². The number of amides is 1. The Labute approximate surface area is 172 Å². The highest BCUT2D eigenvalue weighted by Crippen LogP contribution is 2.36. The first-order chi connectivity index (χ1) is 13.6. The lowest BCUT2D eigenvalue weighted by atomic mass is 9.98. The number of piperidine rings is 1. The smallest absolute Gasteiger partial charge is 0.308 e. The van der Waals surface area contributed by atoms with Crippen LogP contribution in [0.3, 0.4) is 0 Å². The van der Waals surface area contributed by atoms with Gasteiger partial charge >= 0.3 is 5.97 Å². The standard InChI is InChI=1S/C23H26N2O3.CH4/c26-22(24-14-5-8-19(16-24)23(27)28)13-15-25-20-9-3-1-6-17(20)11-12-18-7-2-4-10-21(18)25;/h1-4,6-7,9-10,19H,5,8,11-16H2,(H,27,28);1H4. The number of carboxylic acid groups (broad SMARTS) is 1. The Morgan fingerprint density at radius 2 is 1.55 bits per heavy atom. The maximum absolute atomic E-state index is 12.8. The fraction of sp³-hybridized carbons (Fsp3) is 0.417. The molecule has 0 bridgehead atoms. The molecule has 1 unspecified atom stereocenters. The molecule has 0 aliphatic carbocycles. The predicted octanol–water partition coefficient (Wildman–Crippen LogP) is 4.27.